The molecule has 0 aliphatic carbocycles. The van der Waals surface area contributed by atoms with Gasteiger partial charge >= 0.3 is 0 Å². The molecule has 0 aliphatic rings. The van der Waals surface area contributed by atoms with Gasteiger partial charge in [-0.25, -0.2) is 0 Å². The number of carbonyl (C=O) groups is 2. The van der Waals surface area contributed by atoms with E-state index >= 15 is 0 Å². The molecule has 39 heavy (non-hydrogen) atoms. The van der Waals surface area contributed by atoms with E-state index < -0.39 is 12.2 Å². The number of hydrogen-bond donors (Lipinski definition) is 3. The van der Waals surface area contributed by atoms with Crippen LogP contribution in [0.4, 0.5) is 0 Å². The van der Waals surface area contributed by atoms with Gasteiger partial charge in [0, 0.05) is 24.2 Å². The molecule has 12 nitrogen and oxygen atoms in total. The molecular formula is C27H38N2O10. The molecule has 0 bridgehead atoms. The number of aliphatic hydroxyl groups excluding tert-OH is 1. The van der Waals surface area contributed by atoms with Crippen LogP contribution in [0.2, 0.25) is 0 Å². The monoisotopic (exact) mass is 550 g/mol. The summed E-state index contributed by atoms with van der Waals surface area (Å²) in [6.45, 7) is 1.87. The van der Waals surface area contributed by atoms with Crippen molar-refractivity contribution in [2.24, 2.45) is 0 Å². The number of nitrogens with one attached hydrogen (secondary N) is 2. The third kappa shape index (κ3) is 8.29. The molecule has 3 N–H and O–H groups in total. The summed E-state index contributed by atoms with van der Waals surface area (Å²) in [5, 5.41) is 15.1. The number of aliphatic hydroxyl groups is 1. The normalized spacial score (nSPS) is 12.1. The van der Waals surface area contributed by atoms with Crippen LogP contribution in [0.3, 0.4) is 0 Å². The number of amides is 2. The van der Waals surface area contributed by atoms with E-state index in [1.165, 1.54) is 42.7 Å². The zero-order valence-electron chi connectivity index (χ0n) is 23.4. The van der Waals surface area contributed by atoms with Gasteiger partial charge in [-0.05, 0) is 37.6 Å². The molecule has 2 aromatic rings. The zero-order chi connectivity index (χ0) is 28.9. The number of ether oxygens (including phenoxy) is 7. The average molecular weight is 551 g/mol. The lowest BCUT2D eigenvalue weighted by Crippen LogP contribution is -2.38. The number of benzene rings is 2. The Hall–Kier alpha value is -3.90. The molecule has 2 aromatic carbocycles. The summed E-state index contributed by atoms with van der Waals surface area (Å²) in [5.41, 5.74) is 0.621. The smallest absolute Gasteiger partial charge is 0.251 e. The van der Waals surface area contributed by atoms with Crippen LogP contribution < -0.4 is 39.1 Å². The summed E-state index contributed by atoms with van der Waals surface area (Å²) < 4.78 is 37.7. The molecule has 0 spiro atoms. The molecule has 12 heteroatoms. The van der Waals surface area contributed by atoms with E-state index in [0.717, 1.165) is 0 Å². The van der Waals surface area contributed by atoms with Crippen LogP contribution in [-0.2, 0) is 4.74 Å². The predicted octanol–water partition coefficient (Wildman–Crippen LogP) is 2.05. The molecule has 0 radical (unpaired) electrons. The van der Waals surface area contributed by atoms with Gasteiger partial charge < -0.3 is 48.9 Å². The van der Waals surface area contributed by atoms with Crippen molar-refractivity contribution in [1.29, 1.82) is 0 Å². The second-order valence-corrected chi connectivity index (χ2v) is 8.33. The first kappa shape index (κ1) is 31.3. The highest BCUT2D eigenvalue weighted by Gasteiger charge is 2.21. The Morgan fingerprint density at radius 3 is 1.49 bits per heavy atom. The molecule has 0 fully saturated rings. The van der Waals surface area contributed by atoms with Gasteiger partial charge in [0.2, 0.25) is 11.5 Å². The lowest BCUT2D eigenvalue weighted by atomic mass is 10.1. The first-order valence-corrected chi connectivity index (χ1v) is 12.2. The third-order valence-corrected chi connectivity index (χ3v) is 5.78. The number of carbonyl (C=O) groups excluding carboxylic acids is 2. The van der Waals surface area contributed by atoms with E-state index in [1.54, 1.807) is 31.2 Å². The van der Waals surface area contributed by atoms with Crippen molar-refractivity contribution in [1.82, 2.24) is 10.6 Å². The highest BCUT2D eigenvalue weighted by molar-refractivity contribution is 5.96. The highest BCUT2D eigenvalue weighted by atomic mass is 16.5. The number of hydrogen-bond acceptors (Lipinski definition) is 10. The maximum atomic E-state index is 12.9. The summed E-state index contributed by atoms with van der Waals surface area (Å²) in [6.07, 6.45) is -0.618. The molecule has 216 valence electrons. The molecule has 0 heterocycles. The minimum atomic E-state index is -0.502. The number of methoxy groups -OCH3 is 6. The lowest BCUT2D eigenvalue weighted by Gasteiger charge is -2.22. The van der Waals surface area contributed by atoms with Crippen molar-refractivity contribution in [2.45, 2.75) is 25.6 Å². The summed E-state index contributed by atoms with van der Waals surface area (Å²) in [5.74, 6) is 1.41. The van der Waals surface area contributed by atoms with Gasteiger partial charge in [-0.1, -0.05) is 0 Å². The quantitative estimate of drug-likeness (QED) is 0.284. The Balaban J connectivity index is 2.08. The Morgan fingerprint density at radius 1 is 0.718 bits per heavy atom. The first-order valence-electron chi connectivity index (χ1n) is 12.2. The fourth-order valence-electron chi connectivity index (χ4n) is 3.77. The third-order valence-electron chi connectivity index (χ3n) is 5.78. The molecule has 0 aromatic heterocycles. The first-order chi connectivity index (χ1) is 18.8. The van der Waals surface area contributed by atoms with Crippen LogP contribution in [0.25, 0.3) is 0 Å². The van der Waals surface area contributed by atoms with Crippen LogP contribution in [0.5, 0.6) is 34.5 Å². The Bertz CT molecular complexity index is 1060. The van der Waals surface area contributed by atoms with Gasteiger partial charge in [-0.15, -0.1) is 0 Å². The van der Waals surface area contributed by atoms with Crippen molar-refractivity contribution in [3.63, 3.8) is 0 Å². The fraction of sp³-hybridized carbons (Fsp3) is 0.481. The van der Waals surface area contributed by atoms with Crippen LogP contribution in [0, 0.1) is 0 Å². The SMILES string of the molecule is COc1cc(C(=O)NCCC(CNC(=O)c2cc(OC)c(OC)c(OC)c2)OC(C)CO)cc(OC)c1OC. The molecule has 0 saturated carbocycles. The van der Waals surface area contributed by atoms with Crippen molar-refractivity contribution in [2.75, 3.05) is 62.4 Å². The minimum absolute atomic E-state index is 0.125. The van der Waals surface area contributed by atoms with Gasteiger partial charge in [0.05, 0.1) is 61.5 Å². The molecular weight excluding hydrogens is 512 g/mol. The van der Waals surface area contributed by atoms with Crippen molar-refractivity contribution >= 4 is 11.8 Å². The minimum Gasteiger partial charge on any atom is -0.493 e. The Kier molecular flexibility index (Phi) is 12.4. The predicted molar refractivity (Wildman–Crippen MR) is 143 cm³/mol. The Labute approximate surface area is 228 Å². The largest absolute Gasteiger partial charge is 0.493 e. The summed E-state index contributed by atoms with van der Waals surface area (Å²) in [7, 11) is 8.82. The highest BCUT2D eigenvalue weighted by Crippen LogP contribution is 2.39. The van der Waals surface area contributed by atoms with Gasteiger partial charge in [0.15, 0.2) is 23.0 Å². The molecule has 0 aliphatic heterocycles. The second-order valence-electron chi connectivity index (χ2n) is 8.33. The van der Waals surface area contributed by atoms with Crippen molar-refractivity contribution in [3.05, 3.63) is 35.4 Å². The van der Waals surface area contributed by atoms with E-state index in [0.29, 0.717) is 52.0 Å². The average Bonchev–Trinajstić information content (AvgIpc) is 2.97. The topological polar surface area (TPSA) is 143 Å². The van der Waals surface area contributed by atoms with Crippen LogP contribution in [-0.4, -0.2) is 91.5 Å². The lowest BCUT2D eigenvalue weighted by molar-refractivity contribution is -0.0304. The van der Waals surface area contributed by atoms with Crippen LogP contribution in [0.15, 0.2) is 24.3 Å². The molecule has 2 rings (SSSR count). The van der Waals surface area contributed by atoms with Gasteiger partial charge in [0.1, 0.15) is 0 Å². The summed E-state index contributed by atoms with van der Waals surface area (Å²) >= 11 is 0. The molecule has 2 atom stereocenters. The standard InChI is InChI=1S/C27H38N2O10/c1-16(15-30)39-19(14-29-27(32)18-12-22(35-4)25(38-7)23(13-18)36-5)8-9-28-26(31)17-10-20(33-2)24(37-6)21(11-17)34-3/h10-13,16,19,30H,8-9,14-15H2,1-7H3,(H,28,31)(H,29,32). The van der Waals surface area contributed by atoms with Crippen molar-refractivity contribution < 1.29 is 47.9 Å². The maximum absolute atomic E-state index is 12.9. The van der Waals surface area contributed by atoms with Crippen LogP contribution in [0.1, 0.15) is 34.1 Å². The van der Waals surface area contributed by atoms with E-state index in [4.69, 9.17) is 33.2 Å². The fourth-order valence-corrected chi connectivity index (χ4v) is 3.77. The second kappa shape index (κ2) is 15.5. The number of rotatable bonds is 16. The van der Waals surface area contributed by atoms with E-state index in [2.05, 4.69) is 10.6 Å². The Morgan fingerprint density at radius 2 is 1.13 bits per heavy atom. The van der Waals surface area contributed by atoms with E-state index in [1.807, 2.05) is 0 Å². The van der Waals surface area contributed by atoms with E-state index in [9.17, 15) is 14.7 Å². The molecule has 2 amide bonds. The van der Waals surface area contributed by atoms with Gasteiger partial charge in [-0.2, -0.15) is 0 Å². The van der Waals surface area contributed by atoms with E-state index in [-0.39, 0.29) is 31.5 Å². The molecule has 2 unspecified atom stereocenters. The van der Waals surface area contributed by atoms with Crippen molar-refractivity contribution in [3.8, 4) is 34.5 Å². The van der Waals surface area contributed by atoms with Gasteiger partial charge in [-0.3, -0.25) is 9.59 Å². The summed E-state index contributed by atoms with van der Waals surface area (Å²) in [6, 6.07) is 6.19. The van der Waals surface area contributed by atoms with Gasteiger partial charge in [0.25, 0.3) is 11.8 Å². The maximum Gasteiger partial charge on any atom is 0.251 e. The van der Waals surface area contributed by atoms with Crippen LogP contribution >= 0.6 is 0 Å². The molecule has 0 saturated heterocycles. The summed E-state index contributed by atoms with van der Waals surface area (Å²) in [4.78, 5) is 25.7. The zero-order valence-corrected chi connectivity index (χ0v) is 23.4.